The SMILES string of the molecule is COc1ccc(C(=O)O)c(CN(c2ccccc2)c2ccc(OCCc3nc(-c4ccccc4)oc3C)cc2)c1. The van der Waals surface area contributed by atoms with Gasteiger partial charge in [0.2, 0.25) is 5.89 Å². The molecule has 0 saturated carbocycles. The second kappa shape index (κ2) is 12.2. The number of hydrogen-bond donors (Lipinski definition) is 1. The molecular formula is C33H30N2O5. The summed E-state index contributed by atoms with van der Waals surface area (Å²) >= 11 is 0. The van der Waals surface area contributed by atoms with Crippen molar-refractivity contribution < 1.29 is 23.8 Å². The zero-order valence-corrected chi connectivity index (χ0v) is 22.4. The van der Waals surface area contributed by atoms with Crippen LogP contribution in [0.2, 0.25) is 0 Å². The van der Waals surface area contributed by atoms with Gasteiger partial charge in [-0.2, -0.15) is 0 Å². The normalized spacial score (nSPS) is 10.8. The number of oxazole rings is 1. The number of carboxylic acids is 1. The molecule has 0 aliphatic carbocycles. The number of aromatic nitrogens is 1. The quantitative estimate of drug-likeness (QED) is 0.190. The maximum atomic E-state index is 11.9. The van der Waals surface area contributed by atoms with E-state index in [1.54, 1.807) is 25.3 Å². The number of methoxy groups -OCH3 is 1. The van der Waals surface area contributed by atoms with Crippen LogP contribution in [0.4, 0.5) is 11.4 Å². The van der Waals surface area contributed by atoms with Crippen molar-refractivity contribution in [2.24, 2.45) is 0 Å². The van der Waals surface area contributed by atoms with Crippen molar-refractivity contribution in [1.82, 2.24) is 4.98 Å². The minimum atomic E-state index is -0.979. The van der Waals surface area contributed by atoms with E-state index in [0.29, 0.717) is 36.8 Å². The summed E-state index contributed by atoms with van der Waals surface area (Å²) in [4.78, 5) is 18.6. The number of carbonyl (C=O) groups is 1. The molecule has 0 atom stereocenters. The van der Waals surface area contributed by atoms with Gasteiger partial charge in [0, 0.05) is 29.9 Å². The number of carboxylic acid groups (broad SMARTS) is 1. The number of para-hydroxylation sites is 1. The van der Waals surface area contributed by atoms with E-state index in [4.69, 9.17) is 13.9 Å². The molecule has 0 fully saturated rings. The Balaban J connectivity index is 1.31. The van der Waals surface area contributed by atoms with E-state index in [2.05, 4.69) is 9.88 Å². The average molecular weight is 535 g/mol. The Morgan fingerprint density at radius 3 is 2.20 bits per heavy atom. The van der Waals surface area contributed by atoms with Crippen molar-refractivity contribution in [2.45, 2.75) is 19.9 Å². The number of rotatable bonds is 11. The van der Waals surface area contributed by atoms with Crippen molar-refractivity contribution in [3.8, 4) is 23.0 Å². The molecular weight excluding hydrogens is 504 g/mol. The first-order valence-corrected chi connectivity index (χ1v) is 13.0. The lowest BCUT2D eigenvalue weighted by Crippen LogP contribution is -2.18. The molecule has 0 spiro atoms. The first-order chi connectivity index (χ1) is 19.5. The average Bonchev–Trinajstić information content (AvgIpc) is 3.37. The Bertz CT molecular complexity index is 1560. The molecule has 0 aliphatic heterocycles. The molecule has 1 N–H and O–H groups in total. The minimum Gasteiger partial charge on any atom is -0.497 e. The lowest BCUT2D eigenvalue weighted by molar-refractivity contribution is 0.0695. The fraction of sp³-hybridized carbons (Fsp3) is 0.152. The number of benzene rings is 4. The highest BCUT2D eigenvalue weighted by molar-refractivity contribution is 5.90. The van der Waals surface area contributed by atoms with E-state index < -0.39 is 5.97 Å². The predicted molar refractivity (Wildman–Crippen MR) is 155 cm³/mol. The van der Waals surface area contributed by atoms with Crippen molar-refractivity contribution in [3.05, 3.63) is 126 Å². The number of hydrogen-bond acceptors (Lipinski definition) is 6. The molecule has 0 aliphatic rings. The van der Waals surface area contributed by atoms with Gasteiger partial charge in [-0.05, 0) is 79.2 Å². The van der Waals surface area contributed by atoms with Crippen LogP contribution in [0.25, 0.3) is 11.5 Å². The van der Waals surface area contributed by atoms with Crippen LogP contribution in [-0.2, 0) is 13.0 Å². The van der Waals surface area contributed by atoms with Crippen LogP contribution in [0.3, 0.4) is 0 Å². The smallest absolute Gasteiger partial charge is 0.336 e. The van der Waals surface area contributed by atoms with Crippen LogP contribution >= 0.6 is 0 Å². The second-order valence-corrected chi connectivity index (χ2v) is 9.23. The van der Waals surface area contributed by atoms with E-state index in [-0.39, 0.29) is 5.56 Å². The highest BCUT2D eigenvalue weighted by Gasteiger charge is 2.17. The standard InChI is InChI=1S/C33H30N2O5/c1-23-31(34-32(40-23)24-9-5-3-6-10-24)19-20-39-28-15-13-27(14-16-28)35(26-11-7-4-8-12-26)22-25-21-29(38-2)17-18-30(25)33(36)37/h3-18,21H,19-20,22H2,1-2H3,(H,36,37). The van der Waals surface area contributed by atoms with E-state index >= 15 is 0 Å². The molecule has 5 rings (SSSR count). The van der Waals surface area contributed by atoms with E-state index in [9.17, 15) is 9.90 Å². The summed E-state index contributed by atoms with van der Waals surface area (Å²) in [7, 11) is 1.57. The number of ether oxygens (including phenoxy) is 2. The van der Waals surface area contributed by atoms with Gasteiger partial charge in [-0.3, -0.25) is 0 Å². The van der Waals surface area contributed by atoms with Gasteiger partial charge in [-0.1, -0.05) is 36.4 Å². The molecule has 1 aromatic heterocycles. The monoisotopic (exact) mass is 534 g/mol. The highest BCUT2D eigenvalue weighted by Crippen LogP contribution is 2.31. The van der Waals surface area contributed by atoms with Crippen LogP contribution in [0.15, 0.2) is 108 Å². The van der Waals surface area contributed by atoms with E-state index in [0.717, 1.165) is 34.1 Å². The molecule has 40 heavy (non-hydrogen) atoms. The lowest BCUT2D eigenvalue weighted by atomic mass is 10.1. The van der Waals surface area contributed by atoms with Gasteiger partial charge in [0.1, 0.15) is 17.3 Å². The van der Waals surface area contributed by atoms with Crippen LogP contribution in [0.1, 0.15) is 27.4 Å². The Morgan fingerprint density at radius 1 is 0.875 bits per heavy atom. The van der Waals surface area contributed by atoms with E-state index in [1.807, 2.05) is 91.9 Å². The number of nitrogens with zero attached hydrogens (tertiary/aromatic N) is 2. The summed E-state index contributed by atoms with van der Waals surface area (Å²) in [5, 5.41) is 9.77. The Hall–Kier alpha value is -5.04. The van der Waals surface area contributed by atoms with Crippen LogP contribution < -0.4 is 14.4 Å². The summed E-state index contributed by atoms with van der Waals surface area (Å²) in [6.45, 7) is 2.72. The fourth-order valence-electron chi connectivity index (χ4n) is 4.50. The first kappa shape index (κ1) is 26.6. The second-order valence-electron chi connectivity index (χ2n) is 9.23. The molecule has 4 aromatic carbocycles. The van der Waals surface area contributed by atoms with Crippen molar-refractivity contribution in [2.75, 3.05) is 18.6 Å². The van der Waals surface area contributed by atoms with Gasteiger partial charge in [0.15, 0.2) is 0 Å². The molecule has 0 saturated heterocycles. The number of aryl methyl sites for hydroxylation is 1. The van der Waals surface area contributed by atoms with Crippen molar-refractivity contribution in [3.63, 3.8) is 0 Å². The molecule has 1 heterocycles. The Morgan fingerprint density at radius 2 is 1.52 bits per heavy atom. The van der Waals surface area contributed by atoms with Gasteiger partial charge in [-0.15, -0.1) is 0 Å². The van der Waals surface area contributed by atoms with Crippen molar-refractivity contribution in [1.29, 1.82) is 0 Å². The van der Waals surface area contributed by atoms with Gasteiger partial charge in [0.25, 0.3) is 0 Å². The maximum Gasteiger partial charge on any atom is 0.336 e. The molecule has 7 nitrogen and oxygen atoms in total. The molecule has 0 radical (unpaired) electrons. The summed E-state index contributed by atoms with van der Waals surface area (Å²) in [6.07, 6.45) is 0.619. The summed E-state index contributed by atoms with van der Waals surface area (Å²) < 4.78 is 17.2. The fourth-order valence-corrected chi connectivity index (χ4v) is 4.50. The van der Waals surface area contributed by atoms with Crippen LogP contribution in [-0.4, -0.2) is 29.8 Å². The summed E-state index contributed by atoms with van der Waals surface area (Å²) in [6, 6.07) is 32.5. The topological polar surface area (TPSA) is 85.0 Å². The molecule has 7 heteroatoms. The molecule has 0 amide bonds. The van der Waals surface area contributed by atoms with Crippen LogP contribution in [0, 0.1) is 6.92 Å². The third-order valence-electron chi connectivity index (χ3n) is 6.61. The number of anilines is 2. The van der Waals surface area contributed by atoms with Gasteiger partial charge >= 0.3 is 5.97 Å². The molecule has 0 bridgehead atoms. The van der Waals surface area contributed by atoms with Gasteiger partial charge in [-0.25, -0.2) is 9.78 Å². The van der Waals surface area contributed by atoms with Gasteiger partial charge < -0.3 is 23.9 Å². The number of aromatic carboxylic acids is 1. The largest absolute Gasteiger partial charge is 0.497 e. The zero-order valence-electron chi connectivity index (χ0n) is 22.4. The zero-order chi connectivity index (χ0) is 27.9. The highest BCUT2D eigenvalue weighted by atomic mass is 16.5. The molecule has 0 unspecified atom stereocenters. The Kier molecular flexibility index (Phi) is 8.11. The van der Waals surface area contributed by atoms with Crippen LogP contribution in [0.5, 0.6) is 11.5 Å². The third-order valence-corrected chi connectivity index (χ3v) is 6.61. The Labute approximate surface area is 233 Å². The predicted octanol–water partition coefficient (Wildman–Crippen LogP) is 7.32. The first-order valence-electron chi connectivity index (χ1n) is 13.0. The lowest BCUT2D eigenvalue weighted by Gasteiger charge is -2.26. The summed E-state index contributed by atoms with van der Waals surface area (Å²) in [5.41, 5.74) is 4.54. The van der Waals surface area contributed by atoms with Crippen molar-refractivity contribution >= 4 is 17.3 Å². The van der Waals surface area contributed by atoms with E-state index in [1.165, 1.54) is 0 Å². The maximum absolute atomic E-state index is 11.9. The molecule has 202 valence electrons. The molecule has 5 aromatic rings. The minimum absolute atomic E-state index is 0.236. The summed E-state index contributed by atoms with van der Waals surface area (Å²) in [5.74, 6) is 1.76. The van der Waals surface area contributed by atoms with Gasteiger partial charge in [0.05, 0.1) is 25.0 Å². The third kappa shape index (κ3) is 6.15.